The summed E-state index contributed by atoms with van der Waals surface area (Å²) in [5, 5.41) is 10.8. The average Bonchev–Trinajstić information content (AvgIpc) is 2.78. The molecule has 0 radical (unpaired) electrons. The molecule has 0 saturated heterocycles. The first-order chi connectivity index (χ1) is 14.5. The lowest BCUT2D eigenvalue weighted by atomic mass is 10.1. The maximum atomic E-state index is 12.2. The van der Waals surface area contributed by atoms with Gasteiger partial charge in [-0.25, -0.2) is 4.79 Å². The fraction of sp³-hybridized carbons (Fsp3) is 0.0435. The van der Waals surface area contributed by atoms with Crippen molar-refractivity contribution in [1.29, 1.82) is 0 Å². The molecule has 0 amide bonds. The molecular weight excluding hydrogens is 386 g/mol. The van der Waals surface area contributed by atoms with E-state index in [4.69, 9.17) is 9.47 Å². The van der Waals surface area contributed by atoms with Crippen LogP contribution in [0.3, 0.4) is 0 Å². The summed E-state index contributed by atoms with van der Waals surface area (Å²) in [6, 6.07) is 18.6. The Hall–Kier alpha value is -4.26. The van der Waals surface area contributed by atoms with Gasteiger partial charge in [0.05, 0.1) is 17.6 Å². The molecule has 0 aliphatic heterocycles. The number of carbonyl (C=O) groups excluding carboxylic acids is 2. The highest BCUT2D eigenvalue weighted by atomic mass is 16.6. The van der Waals surface area contributed by atoms with Crippen LogP contribution in [0, 0.1) is 10.1 Å². The van der Waals surface area contributed by atoms with E-state index in [1.807, 2.05) is 0 Å². The van der Waals surface area contributed by atoms with Gasteiger partial charge in [0.2, 0.25) is 0 Å². The molecule has 7 nitrogen and oxygen atoms in total. The zero-order chi connectivity index (χ0) is 21.5. The Morgan fingerprint density at radius 2 is 1.57 bits per heavy atom. The highest BCUT2D eigenvalue weighted by Gasteiger charge is 2.13. The molecule has 30 heavy (non-hydrogen) atoms. The summed E-state index contributed by atoms with van der Waals surface area (Å²) < 4.78 is 10.3. The predicted octanol–water partition coefficient (Wildman–Crippen LogP) is 4.72. The molecule has 0 bridgehead atoms. The standard InChI is InChI=1S/C23H17NO6/c1-29-20-12-8-17(9-13-20)22(25)14-7-16-5-10-21(11-6-16)30-23(26)18-3-2-4-19(15-18)24(27)28/h2-15H,1H3/b14-7+. The number of rotatable bonds is 7. The van der Waals surface area contributed by atoms with Crippen molar-refractivity contribution in [2.75, 3.05) is 7.11 Å². The van der Waals surface area contributed by atoms with Crippen molar-refractivity contribution < 1.29 is 24.0 Å². The largest absolute Gasteiger partial charge is 0.497 e. The van der Waals surface area contributed by atoms with Crippen molar-refractivity contribution in [1.82, 2.24) is 0 Å². The van der Waals surface area contributed by atoms with Crippen LogP contribution in [0.15, 0.2) is 78.9 Å². The van der Waals surface area contributed by atoms with Crippen LogP contribution in [-0.4, -0.2) is 23.8 Å². The van der Waals surface area contributed by atoms with Gasteiger partial charge in [-0.1, -0.05) is 24.3 Å². The van der Waals surface area contributed by atoms with E-state index in [9.17, 15) is 19.7 Å². The van der Waals surface area contributed by atoms with E-state index in [0.29, 0.717) is 11.3 Å². The van der Waals surface area contributed by atoms with Crippen LogP contribution in [0.25, 0.3) is 6.08 Å². The van der Waals surface area contributed by atoms with Crippen molar-refractivity contribution >= 4 is 23.5 Å². The first-order valence-electron chi connectivity index (χ1n) is 8.89. The van der Waals surface area contributed by atoms with E-state index >= 15 is 0 Å². The van der Waals surface area contributed by atoms with Gasteiger partial charge in [-0.3, -0.25) is 14.9 Å². The molecule has 7 heteroatoms. The quantitative estimate of drug-likeness (QED) is 0.141. The molecule has 0 N–H and O–H groups in total. The van der Waals surface area contributed by atoms with Gasteiger partial charge in [0.25, 0.3) is 5.69 Å². The zero-order valence-electron chi connectivity index (χ0n) is 16.0. The Morgan fingerprint density at radius 3 is 2.20 bits per heavy atom. The van der Waals surface area contributed by atoms with Gasteiger partial charge in [-0.15, -0.1) is 0 Å². The lowest BCUT2D eigenvalue weighted by Crippen LogP contribution is -2.08. The number of ether oxygens (including phenoxy) is 2. The van der Waals surface area contributed by atoms with Crippen LogP contribution in [0.4, 0.5) is 5.69 Å². The summed E-state index contributed by atoms with van der Waals surface area (Å²) in [4.78, 5) is 34.6. The average molecular weight is 403 g/mol. The Bertz CT molecular complexity index is 1100. The molecule has 0 fully saturated rings. The lowest BCUT2D eigenvalue weighted by Gasteiger charge is -2.05. The Labute approximate surface area is 172 Å². The third-order valence-electron chi connectivity index (χ3n) is 4.19. The van der Waals surface area contributed by atoms with Crippen molar-refractivity contribution in [3.8, 4) is 11.5 Å². The van der Waals surface area contributed by atoms with Crippen LogP contribution in [-0.2, 0) is 0 Å². The third-order valence-corrected chi connectivity index (χ3v) is 4.19. The third kappa shape index (κ3) is 5.17. The number of methoxy groups -OCH3 is 1. The molecule has 0 aliphatic rings. The molecule has 0 atom stereocenters. The summed E-state index contributed by atoms with van der Waals surface area (Å²) in [5.74, 6) is 0.103. The molecule has 0 aromatic heterocycles. The highest BCUT2D eigenvalue weighted by Crippen LogP contribution is 2.18. The monoisotopic (exact) mass is 403 g/mol. The summed E-state index contributed by atoms with van der Waals surface area (Å²) in [7, 11) is 1.56. The number of non-ortho nitro benzene ring substituents is 1. The highest BCUT2D eigenvalue weighted by molar-refractivity contribution is 6.06. The van der Waals surface area contributed by atoms with Gasteiger partial charge < -0.3 is 9.47 Å². The minimum absolute atomic E-state index is 0.0817. The smallest absolute Gasteiger partial charge is 0.343 e. The second-order valence-electron chi connectivity index (χ2n) is 6.19. The second kappa shape index (κ2) is 9.29. The molecule has 3 rings (SSSR count). The zero-order valence-corrected chi connectivity index (χ0v) is 16.0. The number of carbonyl (C=O) groups is 2. The summed E-state index contributed by atoms with van der Waals surface area (Å²) in [6.45, 7) is 0. The Balaban J connectivity index is 1.63. The molecule has 3 aromatic carbocycles. The number of hydrogen-bond acceptors (Lipinski definition) is 6. The molecule has 150 valence electrons. The number of hydrogen-bond donors (Lipinski definition) is 0. The Morgan fingerprint density at radius 1 is 0.900 bits per heavy atom. The number of ketones is 1. The molecule has 3 aromatic rings. The first-order valence-corrected chi connectivity index (χ1v) is 8.89. The molecule has 0 spiro atoms. The van der Waals surface area contributed by atoms with Crippen LogP contribution in [0.5, 0.6) is 11.5 Å². The van der Waals surface area contributed by atoms with Crippen LogP contribution in [0.2, 0.25) is 0 Å². The number of benzene rings is 3. The van der Waals surface area contributed by atoms with E-state index in [2.05, 4.69) is 0 Å². The fourth-order valence-electron chi connectivity index (χ4n) is 2.58. The van der Waals surface area contributed by atoms with Gasteiger partial charge in [-0.05, 0) is 54.1 Å². The number of allylic oxidation sites excluding steroid dienone is 1. The van der Waals surface area contributed by atoms with Crippen molar-refractivity contribution in [2.24, 2.45) is 0 Å². The minimum Gasteiger partial charge on any atom is -0.497 e. The molecule has 0 aliphatic carbocycles. The molecular formula is C23H17NO6. The number of nitrogens with zero attached hydrogens (tertiary/aromatic N) is 1. The lowest BCUT2D eigenvalue weighted by molar-refractivity contribution is -0.384. The summed E-state index contributed by atoms with van der Waals surface area (Å²) >= 11 is 0. The number of nitro groups is 1. The SMILES string of the molecule is COc1ccc(C(=O)/C=C/c2ccc(OC(=O)c3cccc([N+](=O)[O-])c3)cc2)cc1. The van der Waals surface area contributed by atoms with E-state index in [0.717, 1.165) is 11.6 Å². The summed E-state index contributed by atoms with van der Waals surface area (Å²) in [5.41, 5.74) is 1.17. The van der Waals surface area contributed by atoms with Crippen LogP contribution in [0.1, 0.15) is 26.3 Å². The first kappa shape index (κ1) is 20.5. The minimum atomic E-state index is -0.698. The van der Waals surface area contributed by atoms with Gasteiger partial charge in [0.1, 0.15) is 11.5 Å². The van der Waals surface area contributed by atoms with Gasteiger partial charge in [-0.2, -0.15) is 0 Å². The predicted molar refractivity (Wildman–Crippen MR) is 111 cm³/mol. The topological polar surface area (TPSA) is 95.7 Å². The number of nitro benzene ring substituents is 1. The number of esters is 1. The Kier molecular flexibility index (Phi) is 6.34. The second-order valence-corrected chi connectivity index (χ2v) is 6.19. The van der Waals surface area contributed by atoms with E-state index in [1.54, 1.807) is 61.7 Å². The molecule has 0 saturated carbocycles. The summed E-state index contributed by atoms with van der Waals surface area (Å²) in [6.07, 6.45) is 3.10. The van der Waals surface area contributed by atoms with E-state index in [1.165, 1.54) is 24.3 Å². The molecule has 0 heterocycles. The van der Waals surface area contributed by atoms with Gasteiger partial charge in [0, 0.05) is 17.7 Å². The van der Waals surface area contributed by atoms with Crippen molar-refractivity contribution in [2.45, 2.75) is 0 Å². The van der Waals surface area contributed by atoms with Crippen LogP contribution >= 0.6 is 0 Å². The van der Waals surface area contributed by atoms with Crippen molar-refractivity contribution in [3.63, 3.8) is 0 Å². The normalized spacial score (nSPS) is 10.6. The fourth-order valence-corrected chi connectivity index (χ4v) is 2.58. The maximum Gasteiger partial charge on any atom is 0.343 e. The van der Waals surface area contributed by atoms with Gasteiger partial charge >= 0.3 is 5.97 Å². The van der Waals surface area contributed by atoms with Gasteiger partial charge in [0.15, 0.2) is 5.78 Å². The molecule has 0 unspecified atom stereocenters. The van der Waals surface area contributed by atoms with Crippen molar-refractivity contribution in [3.05, 3.63) is 106 Å². The van der Waals surface area contributed by atoms with Crippen LogP contribution < -0.4 is 9.47 Å². The van der Waals surface area contributed by atoms with E-state index < -0.39 is 10.9 Å². The maximum absolute atomic E-state index is 12.2. The van der Waals surface area contributed by atoms with E-state index in [-0.39, 0.29) is 22.8 Å².